The van der Waals surface area contributed by atoms with Crippen LogP contribution in [0.2, 0.25) is 0 Å². The van der Waals surface area contributed by atoms with Gasteiger partial charge in [-0.05, 0) is 66.5 Å². The van der Waals surface area contributed by atoms with Crippen molar-refractivity contribution in [3.8, 4) is 0 Å². The number of hydrogen-bond donors (Lipinski definition) is 2. The van der Waals surface area contributed by atoms with Crippen molar-refractivity contribution in [2.75, 3.05) is 0 Å². The SMILES string of the molecule is CC(C)c1cc(F)cc(C(C)C)c1CC(=O)NSc1cnc(C(C)(C)O)s1. The number of carbonyl (C=O) groups excluding carboxylic acids is 1. The van der Waals surface area contributed by atoms with Crippen LogP contribution in [0.4, 0.5) is 4.39 Å². The summed E-state index contributed by atoms with van der Waals surface area (Å²) in [5, 5.41) is 10.6. The molecule has 2 rings (SSSR count). The lowest BCUT2D eigenvalue weighted by Crippen LogP contribution is -2.20. The molecule has 1 heterocycles. The number of aliphatic hydroxyl groups is 1. The fraction of sp³-hybridized carbons (Fsp3) is 0.500. The largest absolute Gasteiger partial charge is 0.383 e. The Morgan fingerprint density at radius 1 is 1.26 bits per heavy atom. The maximum absolute atomic E-state index is 14.0. The molecular formula is C20H27FN2O2S2. The Kier molecular flexibility index (Phi) is 7.05. The number of nitrogens with one attached hydrogen (secondary N) is 1. The molecule has 0 bridgehead atoms. The van der Waals surface area contributed by atoms with E-state index in [1.807, 2.05) is 27.7 Å². The lowest BCUT2D eigenvalue weighted by atomic mass is 9.87. The molecule has 4 nitrogen and oxygen atoms in total. The van der Waals surface area contributed by atoms with Gasteiger partial charge in [0.05, 0.1) is 12.6 Å². The predicted molar refractivity (Wildman–Crippen MR) is 110 cm³/mol. The third-order valence-electron chi connectivity index (χ3n) is 4.14. The minimum absolute atomic E-state index is 0.129. The van der Waals surface area contributed by atoms with Gasteiger partial charge in [-0.3, -0.25) is 9.52 Å². The zero-order valence-corrected chi connectivity index (χ0v) is 18.2. The molecule has 0 aliphatic rings. The first-order valence-electron chi connectivity index (χ1n) is 8.95. The van der Waals surface area contributed by atoms with Gasteiger partial charge in [-0.15, -0.1) is 11.3 Å². The van der Waals surface area contributed by atoms with Gasteiger partial charge in [-0.2, -0.15) is 0 Å². The fourth-order valence-corrected chi connectivity index (χ4v) is 4.38. The quantitative estimate of drug-likeness (QED) is 0.622. The van der Waals surface area contributed by atoms with E-state index in [0.717, 1.165) is 20.9 Å². The second-order valence-corrected chi connectivity index (χ2v) is 9.86. The minimum atomic E-state index is -1.00. The Balaban J connectivity index is 2.14. The van der Waals surface area contributed by atoms with Crippen LogP contribution in [0.1, 0.15) is 75.1 Å². The summed E-state index contributed by atoms with van der Waals surface area (Å²) in [7, 11) is 0. The Morgan fingerprint density at radius 3 is 2.26 bits per heavy atom. The molecule has 1 aromatic heterocycles. The number of halogens is 1. The summed E-state index contributed by atoms with van der Waals surface area (Å²) >= 11 is 2.53. The molecule has 2 aromatic rings. The predicted octanol–water partition coefficient (Wildman–Crippen LogP) is 5.12. The molecule has 0 saturated carbocycles. The molecule has 148 valence electrons. The molecule has 0 spiro atoms. The maximum atomic E-state index is 14.0. The lowest BCUT2D eigenvalue weighted by Gasteiger charge is -2.19. The van der Waals surface area contributed by atoms with E-state index >= 15 is 0 Å². The molecule has 0 radical (unpaired) electrons. The Hall–Kier alpha value is -1.44. The molecule has 0 aliphatic carbocycles. The summed E-state index contributed by atoms with van der Waals surface area (Å²) in [5.41, 5.74) is 1.66. The van der Waals surface area contributed by atoms with Crippen molar-refractivity contribution in [1.82, 2.24) is 9.71 Å². The van der Waals surface area contributed by atoms with Crippen molar-refractivity contribution in [2.45, 2.75) is 69.6 Å². The van der Waals surface area contributed by atoms with Gasteiger partial charge in [-0.25, -0.2) is 9.37 Å². The van der Waals surface area contributed by atoms with Crippen molar-refractivity contribution in [3.05, 3.63) is 45.8 Å². The number of amides is 1. The number of nitrogens with zero attached hydrogens (tertiary/aromatic N) is 1. The normalized spacial score (nSPS) is 12.1. The Bertz CT molecular complexity index is 782. The zero-order valence-electron chi connectivity index (χ0n) is 16.6. The van der Waals surface area contributed by atoms with E-state index in [4.69, 9.17) is 0 Å². The van der Waals surface area contributed by atoms with Crippen molar-refractivity contribution < 1.29 is 14.3 Å². The highest BCUT2D eigenvalue weighted by atomic mass is 32.2. The molecule has 7 heteroatoms. The van der Waals surface area contributed by atoms with E-state index < -0.39 is 5.60 Å². The third-order valence-corrected chi connectivity index (χ3v) is 6.38. The van der Waals surface area contributed by atoms with E-state index in [1.54, 1.807) is 20.0 Å². The van der Waals surface area contributed by atoms with E-state index in [1.165, 1.54) is 35.4 Å². The molecule has 0 atom stereocenters. The van der Waals surface area contributed by atoms with Gasteiger partial charge >= 0.3 is 0 Å². The van der Waals surface area contributed by atoms with Crippen LogP contribution in [0.5, 0.6) is 0 Å². The molecule has 0 saturated heterocycles. The highest BCUT2D eigenvalue weighted by Gasteiger charge is 2.21. The Labute approximate surface area is 168 Å². The summed E-state index contributed by atoms with van der Waals surface area (Å²) < 4.78 is 17.6. The van der Waals surface area contributed by atoms with Gasteiger partial charge < -0.3 is 5.11 Å². The molecule has 0 fully saturated rings. The first kappa shape index (κ1) is 21.9. The molecule has 0 aliphatic heterocycles. The zero-order chi connectivity index (χ0) is 20.4. The summed E-state index contributed by atoms with van der Waals surface area (Å²) in [5.74, 6) is -0.146. The van der Waals surface area contributed by atoms with Crippen LogP contribution in [0, 0.1) is 5.82 Å². The van der Waals surface area contributed by atoms with Gasteiger partial charge in [-0.1, -0.05) is 27.7 Å². The highest BCUT2D eigenvalue weighted by Crippen LogP contribution is 2.31. The van der Waals surface area contributed by atoms with Crippen LogP contribution in [-0.4, -0.2) is 16.0 Å². The summed E-state index contributed by atoms with van der Waals surface area (Å²) in [6, 6.07) is 3.07. The van der Waals surface area contributed by atoms with Crippen LogP contribution < -0.4 is 4.72 Å². The van der Waals surface area contributed by atoms with Crippen molar-refractivity contribution in [3.63, 3.8) is 0 Å². The Morgan fingerprint density at radius 2 is 1.81 bits per heavy atom. The van der Waals surface area contributed by atoms with Crippen LogP contribution in [0.25, 0.3) is 0 Å². The monoisotopic (exact) mass is 410 g/mol. The van der Waals surface area contributed by atoms with Gasteiger partial charge in [0.1, 0.15) is 20.6 Å². The van der Waals surface area contributed by atoms with Gasteiger partial charge in [0, 0.05) is 0 Å². The summed E-state index contributed by atoms with van der Waals surface area (Å²) in [4.78, 5) is 16.7. The van der Waals surface area contributed by atoms with Crippen LogP contribution in [0.15, 0.2) is 22.5 Å². The summed E-state index contributed by atoms with van der Waals surface area (Å²) in [6.07, 6.45) is 1.84. The van der Waals surface area contributed by atoms with Crippen LogP contribution >= 0.6 is 23.3 Å². The smallest absolute Gasteiger partial charge is 0.234 e. The first-order chi connectivity index (χ1) is 12.5. The summed E-state index contributed by atoms with van der Waals surface area (Å²) in [6.45, 7) is 11.4. The molecule has 0 unspecified atom stereocenters. The average molecular weight is 411 g/mol. The fourth-order valence-electron chi connectivity index (χ4n) is 2.81. The van der Waals surface area contributed by atoms with E-state index in [2.05, 4.69) is 9.71 Å². The standard InChI is InChI=1S/C20H27FN2O2S2/c1-11(2)14-7-13(21)8-15(12(3)4)16(14)9-17(24)23-27-18-10-22-19(26-18)20(5,6)25/h7-8,10-12,25H,9H2,1-6H3,(H,23,24). The second kappa shape index (κ2) is 8.71. The highest BCUT2D eigenvalue weighted by molar-refractivity contribution is 7.99. The van der Waals surface area contributed by atoms with Gasteiger partial charge in [0.2, 0.25) is 5.91 Å². The van der Waals surface area contributed by atoms with Crippen LogP contribution in [-0.2, 0) is 16.8 Å². The van der Waals surface area contributed by atoms with Crippen molar-refractivity contribution in [1.29, 1.82) is 0 Å². The average Bonchev–Trinajstić information content (AvgIpc) is 3.03. The van der Waals surface area contributed by atoms with Gasteiger partial charge in [0.15, 0.2) is 0 Å². The number of benzene rings is 1. The number of aromatic nitrogens is 1. The number of thiazole rings is 1. The second-order valence-electron chi connectivity index (χ2n) is 7.72. The molecule has 1 amide bonds. The van der Waals surface area contributed by atoms with E-state index in [9.17, 15) is 14.3 Å². The molecule has 27 heavy (non-hydrogen) atoms. The topological polar surface area (TPSA) is 62.2 Å². The number of carbonyl (C=O) groups is 1. The molecule has 2 N–H and O–H groups in total. The first-order valence-corrected chi connectivity index (χ1v) is 10.6. The number of hydrogen-bond acceptors (Lipinski definition) is 5. The minimum Gasteiger partial charge on any atom is -0.383 e. The van der Waals surface area contributed by atoms with Crippen molar-refractivity contribution in [2.24, 2.45) is 0 Å². The van der Waals surface area contributed by atoms with E-state index in [0.29, 0.717) is 5.01 Å². The van der Waals surface area contributed by atoms with Gasteiger partial charge in [0.25, 0.3) is 0 Å². The third kappa shape index (κ3) is 5.77. The number of rotatable bonds is 7. The molecular weight excluding hydrogens is 383 g/mol. The maximum Gasteiger partial charge on any atom is 0.234 e. The lowest BCUT2D eigenvalue weighted by molar-refractivity contribution is -0.118. The molecule has 1 aromatic carbocycles. The van der Waals surface area contributed by atoms with Crippen LogP contribution in [0.3, 0.4) is 0 Å². The van der Waals surface area contributed by atoms with E-state index in [-0.39, 0.29) is 30.0 Å². The van der Waals surface area contributed by atoms with Crippen molar-refractivity contribution >= 4 is 29.2 Å².